The van der Waals surface area contributed by atoms with Gasteiger partial charge in [0.05, 0.1) is 33.5 Å². The number of hydrogen-bond acceptors (Lipinski definition) is 8. The van der Waals surface area contributed by atoms with Crippen LogP contribution in [-0.4, -0.2) is 73.4 Å². The minimum atomic E-state index is -3.44. The highest BCUT2D eigenvalue weighted by Gasteiger charge is 2.46. The van der Waals surface area contributed by atoms with Gasteiger partial charge in [-0.15, -0.1) is 0 Å². The van der Waals surface area contributed by atoms with Crippen molar-refractivity contribution in [1.29, 1.82) is 0 Å². The second-order valence-corrected chi connectivity index (χ2v) is 13.6. The third kappa shape index (κ3) is 5.81. The maximum atomic E-state index is 13.3. The van der Waals surface area contributed by atoms with Gasteiger partial charge in [0.25, 0.3) is 0 Å². The Kier molecular flexibility index (Phi) is 7.76. The average molecular weight is 487 g/mol. The van der Waals surface area contributed by atoms with Gasteiger partial charge >= 0.3 is 16.6 Å². The largest absolute Gasteiger partial charge is 0.501 e. The van der Waals surface area contributed by atoms with E-state index in [0.717, 1.165) is 30.9 Å². The maximum absolute atomic E-state index is 13.3. The predicted octanol–water partition coefficient (Wildman–Crippen LogP) is 3.22. The van der Waals surface area contributed by atoms with E-state index >= 15 is 0 Å². The van der Waals surface area contributed by atoms with Gasteiger partial charge in [0, 0.05) is 37.6 Å². The van der Waals surface area contributed by atoms with E-state index < -0.39 is 16.6 Å². The van der Waals surface area contributed by atoms with E-state index in [1.807, 2.05) is 38.1 Å². The number of nitrogens with zero attached hydrogens (tertiary/aromatic N) is 1. The Bertz CT molecular complexity index is 783. The Balaban J connectivity index is 1.33. The van der Waals surface area contributed by atoms with Crippen molar-refractivity contribution in [3.63, 3.8) is 0 Å². The Morgan fingerprint density at radius 3 is 2.34 bits per heavy atom. The summed E-state index contributed by atoms with van der Waals surface area (Å²) in [5, 5.41) is 3.03. The summed E-state index contributed by atoms with van der Waals surface area (Å²) in [4.78, 5) is 2.29. The van der Waals surface area contributed by atoms with Crippen LogP contribution < -0.4 is 9.82 Å². The zero-order valence-electron chi connectivity index (χ0n) is 19.2. The molecule has 4 aliphatic rings. The van der Waals surface area contributed by atoms with E-state index in [1.54, 1.807) is 7.11 Å². The van der Waals surface area contributed by atoms with Gasteiger partial charge in [-0.25, -0.2) is 9.65 Å². The van der Waals surface area contributed by atoms with Gasteiger partial charge in [-0.05, 0) is 24.1 Å². The first-order chi connectivity index (χ1) is 15.3. The summed E-state index contributed by atoms with van der Waals surface area (Å²) < 4.78 is 48.5. The molecule has 0 amide bonds. The van der Waals surface area contributed by atoms with E-state index in [-0.39, 0.29) is 11.5 Å². The molecule has 4 heterocycles. The summed E-state index contributed by atoms with van der Waals surface area (Å²) in [6, 6.07) is 8.34. The molecule has 1 aromatic rings. The Morgan fingerprint density at radius 1 is 1.12 bits per heavy atom. The smallest absolute Gasteiger partial charge is 0.497 e. The molecule has 180 valence electrons. The molecule has 1 aromatic carbocycles. The number of fused-ring (bicyclic) bond motifs is 6. The molecule has 0 radical (unpaired) electrons. The van der Waals surface area contributed by atoms with Crippen LogP contribution in [0.4, 0.5) is 0 Å². The SMILES string of the molecule is COc1ccc(C2OP(=O)(NCCC[Si]34OCCN(CCO3)CCO4)OCC2(C)C)cc1. The lowest BCUT2D eigenvalue weighted by Crippen LogP contribution is -2.55. The highest BCUT2D eigenvalue weighted by molar-refractivity contribution is 7.51. The predicted molar refractivity (Wildman–Crippen MR) is 122 cm³/mol. The Hall–Kier alpha value is -0.813. The first kappa shape index (κ1) is 24.3. The zero-order chi connectivity index (χ0) is 22.7. The van der Waals surface area contributed by atoms with E-state index in [0.29, 0.717) is 45.4 Å². The second kappa shape index (κ2) is 10.2. The molecule has 11 heteroatoms. The summed E-state index contributed by atoms with van der Waals surface area (Å²) in [5.41, 5.74) is 0.623. The van der Waals surface area contributed by atoms with Crippen molar-refractivity contribution in [3.8, 4) is 5.75 Å². The molecule has 2 atom stereocenters. The third-order valence-electron chi connectivity index (χ3n) is 6.13. The van der Waals surface area contributed by atoms with Crippen LogP contribution in [0.25, 0.3) is 0 Å². The summed E-state index contributed by atoms with van der Waals surface area (Å²) in [5.74, 6) is 0.770. The second-order valence-electron chi connectivity index (χ2n) is 9.10. The van der Waals surface area contributed by atoms with Crippen LogP contribution in [0.15, 0.2) is 24.3 Å². The van der Waals surface area contributed by atoms with Crippen molar-refractivity contribution >= 4 is 16.6 Å². The molecular weight excluding hydrogens is 451 g/mol. The van der Waals surface area contributed by atoms with Gasteiger partial charge in [0.1, 0.15) is 11.9 Å². The molecule has 1 N–H and O–H groups in total. The molecule has 9 nitrogen and oxygen atoms in total. The average Bonchev–Trinajstić information content (AvgIpc) is 2.74. The van der Waals surface area contributed by atoms with Crippen molar-refractivity contribution in [2.24, 2.45) is 5.41 Å². The molecule has 0 saturated carbocycles. The van der Waals surface area contributed by atoms with E-state index in [2.05, 4.69) is 9.99 Å². The number of nitrogens with one attached hydrogen (secondary N) is 1. The van der Waals surface area contributed by atoms with E-state index in [1.165, 1.54) is 0 Å². The maximum Gasteiger partial charge on any atom is 0.501 e. The van der Waals surface area contributed by atoms with Crippen LogP contribution in [-0.2, 0) is 26.9 Å². The van der Waals surface area contributed by atoms with Crippen molar-refractivity contribution in [2.75, 3.05) is 59.7 Å². The normalized spacial score (nSPS) is 35.0. The Labute approximate surface area is 191 Å². The van der Waals surface area contributed by atoms with E-state index in [9.17, 15) is 4.57 Å². The minimum absolute atomic E-state index is 0.322. The number of hydrogen-bond donors (Lipinski definition) is 1. The Morgan fingerprint density at radius 2 is 1.75 bits per heavy atom. The fraction of sp³-hybridized carbons (Fsp3) is 0.714. The van der Waals surface area contributed by atoms with Gasteiger partial charge < -0.3 is 18.0 Å². The number of ether oxygens (including phenoxy) is 1. The fourth-order valence-corrected chi connectivity index (χ4v) is 8.55. The summed E-state index contributed by atoms with van der Waals surface area (Å²) in [6.45, 7) is 9.52. The highest BCUT2D eigenvalue weighted by atomic mass is 31.2. The summed E-state index contributed by atoms with van der Waals surface area (Å²) >= 11 is 0. The van der Waals surface area contributed by atoms with E-state index in [4.69, 9.17) is 27.1 Å². The van der Waals surface area contributed by atoms with Crippen molar-refractivity contribution in [1.82, 2.24) is 9.99 Å². The van der Waals surface area contributed by atoms with Crippen LogP contribution in [0.5, 0.6) is 5.75 Å². The molecule has 4 aliphatic heterocycles. The van der Waals surface area contributed by atoms with Gasteiger partial charge in [-0.2, -0.15) is 0 Å². The van der Waals surface area contributed by atoms with Crippen molar-refractivity contribution < 1.29 is 31.6 Å². The summed E-state index contributed by atoms with van der Waals surface area (Å²) in [7, 11) is -4.50. The van der Waals surface area contributed by atoms with Crippen molar-refractivity contribution in [2.45, 2.75) is 32.4 Å². The van der Waals surface area contributed by atoms with Crippen LogP contribution in [0, 0.1) is 5.41 Å². The minimum Gasteiger partial charge on any atom is -0.497 e. The third-order valence-corrected chi connectivity index (χ3v) is 10.6. The molecule has 0 aromatic heterocycles. The van der Waals surface area contributed by atoms with Crippen LogP contribution in [0.2, 0.25) is 6.04 Å². The first-order valence-electron chi connectivity index (χ1n) is 11.3. The zero-order valence-corrected chi connectivity index (χ0v) is 21.1. The lowest BCUT2D eigenvalue weighted by atomic mass is 9.83. The van der Waals surface area contributed by atoms with Crippen LogP contribution in [0.1, 0.15) is 31.9 Å². The number of rotatable bonds is 7. The molecular formula is C21H35N2O7PSi. The lowest BCUT2D eigenvalue weighted by Gasteiger charge is -2.41. The van der Waals surface area contributed by atoms with Crippen molar-refractivity contribution in [3.05, 3.63) is 29.8 Å². The van der Waals surface area contributed by atoms with Gasteiger partial charge in [-0.3, -0.25) is 13.9 Å². The number of benzene rings is 1. The van der Waals surface area contributed by atoms with Gasteiger partial charge in [0.15, 0.2) is 0 Å². The lowest BCUT2D eigenvalue weighted by molar-refractivity contribution is -0.0302. The molecule has 2 bridgehead atoms. The van der Waals surface area contributed by atoms with Crippen LogP contribution in [0.3, 0.4) is 0 Å². The first-order valence-corrected chi connectivity index (χ1v) is 14.8. The standard InChI is InChI=1S/C21H35N2O7PSi/c1-21(2)17-26-31(24,30-20(21)18-5-7-19(25-3)8-6-18)22-9-4-16-32-27-13-10-23(11-14-28-32)12-15-29-32/h5-8,20H,4,9-17H2,1-3H3,(H,22,24). The molecule has 0 spiro atoms. The van der Waals surface area contributed by atoms with Crippen LogP contribution >= 0.6 is 7.75 Å². The van der Waals surface area contributed by atoms with Gasteiger partial charge in [-0.1, -0.05) is 26.0 Å². The fourth-order valence-electron chi connectivity index (χ4n) is 4.20. The highest BCUT2D eigenvalue weighted by Crippen LogP contribution is 2.58. The molecule has 0 aliphatic carbocycles. The monoisotopic (exact) mass is 486 g/mol. The molecule has 5 rings (SSSR count). The molecule has 2 unspecified atom stereocenters. The molecule has 4 fully saturated rings. The quantitative estimate of drug-likeness (QED) is 0.355. The molecule has 32 heavy (non-hydrogen) atoms. The van der Waals surface area contributed by atoms with Gasteiger partial charge in [0.2, 0.25) is 0 Å². The molecule has 4 saturated heterocycles. The topological polar surface area (TPSA) is 87.7 Å². The summed E-state index contributed by atoms with van der Waals surface area (Å²) in [6.07, 6.45) is 0.339. The number of methoxy groups -OCH3 is 1.